The molecule has 3 aromatic rings. The van der Waals surface area contributed by atoms with Crippen molar-refractivity contribution in [3.8, 4) is 11.5 Å². The molecule has 0 aromatic heterocycles. The highest BCUT2D eigenvalue weighted by Gasteiger charge is 2.31. The van der Waals surface area contributed by atoms with E-state index in [4.69, 9.17) is 0 Å². The molecule has 2 heteroatoms. The molecule has 0 amide bonds. The van der Waals surface area contributed by atoms with Crippen molar-refractivity contribution in [3.05, 3.63) is 94.0 Å². The van der Waals surface area contributed by atoms with Crippen molar-refractivity contribution in [2.24, 2.45) is 0 Å². The first-order chi connectivity index (χ1) is 13.1. The van der Waals surface area contributed by atoms with Gasteiger partial charge in [-0.3, -0.25) is 0 Å². The number of aryl methyl sites for hydroxylation is 2. The van der Waals surface area contributed by atoms with Crippen molar-refractivity contribution in [2.45, 2.75) is 52.4 Å². The fraction of sp³-hybridized carbons (Fsp3) is 0.308. The minimum atomic E-state index is -0.350. The number of benzene rings is 3. The van der Waals surface area contributed by atoms with Gasteiger partial charge in [0.2, 0.25) is 0 Å². The maximum Gasteiger partial charge on any atom is 0.122 e. The van der Waals surface area contributed by atoms with E-state index in [1.165, 1.54) is 0 Å². The Kier molecular flexibility index (Phi) is 5.01. The number of aromatic hydroxyl groups is 2. The van der Waals surface area contributed by atoms with E-state index in [0.717, 1.165) is 33.4 Å². The van der Waals surface area contributed by atoms with Crippen LogP contribution in [0.5, 0.6) is 11.5 Å². The normalized spacial score (nSPS) is 12.2. The lowest BCUT2D eigenvalue weighted by Gasteiger charge is -2.31. The average Bonchev–Trinajstić information content (AvgIpc) is 2.66. The summed E-state index contributed by atoms with van der Waals surface area (Å²) in [5, 5.41) is 21.3. The maximum absolute atomic E-state index is 10.6. The van der Waals surface area contributed by atoms with Crippen LogP contribution in [0.25, 0.3) is 0 Å². The molecule has 2 nitrogen and oxygen atoms in total. The smallest absolute Gasteiger partial charge is 0.122 e. The molecule has 146 valence electrons. The Bertz CT molecular complexity index is 934. The van der Waals surface area contributed by atoms with Gasteiger partial charge in [0.1, 0.15) is 11.5 Å². The lowest BCUT2D eigenvalue weighted by atomic mass is 9.72. The summed E-state index contributed by atoms with van der Waals surface area (Å²) >= 11 is 0. The summed E-state index contributed by atoms with van der Waals surface area (Å²) in [5.41, 5.74) is 5.16. The highest BCUT2D eigenvalue weighted by molar-refractivity contribution is 5.52. The van der Waals surface area contributed by atoms with Gasteiger partial charge in [-0.15, -0.1) is 0 Å². The van der Waals surface area contributed by atoms with Gasteiger partial charge in [-0.1, -0.05) is 88.4 Å². The Morgan fingerprint density at radius 3 is 1.32 bits per heavy atom. The summed E-state index contributed by atoms with van der Waals surface area (Å²) in [5.74, 6) is 0.710. The number of hydrogen-bond donors (Lipinski definition) is 2. The van der Waals surface area contributed by atoms with Gasteiger partial charge in [0.05, 0.1) is 0 Å². The van der Waals surface area contributed by atoms with Gasteiger partial charge in [-0.25, -0.2) is 0 Å². The molecule has 0 saturated carbocycles. The lowest BCUT2D eigenvalue weighted by molar-refractivity contribution is 0.447. The SMILES string of the molecule is Cc1cccc(C(C)(C)c2cccc(C(C)(C)c3cccc(C)c3O)c2)c1O. The summed E-state index contributed by atoms with van der Waals surface area (Å²) in [6, 6.07) is 20.3. The minimum absolute atomic E-state index is 0.350. The Hall–Kier alpha value is -2.74. The molecule has 0 unspecified atom stereocenters. The van der Waals surface area contributed by atoms with Gasteiger partial charge in [0.25, 0.3) is 0 Å². The first-order valence-corrected chi connectivity index (χ1v) is 9.76. The van der Waals surface area contributed by atoms with Crippen LogP contribution in [0, 0.1) is 13.8 Å². The summed E-state index contributed by atoms with van der Waals surface area (Å²) in [4.78, 5) is 0. The van der Waals surface area contributed by atoms with Crippen LogP contribution in [0.3, 0.4) is 0 Å². The molecular weight excluding hydrogens is 344 g/mol. The second-order valence-corrected chi connectivity index (χ2v) is 8.77. The number of para-hydroxylation sites is 2. The van der Waals surface area contributed by atoms with Gasteiger partial charge < -0.3 is 10.2 Å². The highest BCUT2D eigenvalue weighted by Crippen LogP contribution is 2.42. The fourth-order valence-corrected chi connectivity index (χ4v) is 3.93. The molecule has 0 spiro atoms. The van der Waals surface area contributed by atoms with Crippen LogP contribution in [0.4, 0.5) is 0 Å². The quantitative estimate of drug-likeness (QED) is 0.557. The van der Waals surface area contributed by atoms with E-state index in [2.05, 4.69) is 52.0 Å². The summed E-state index contributed by atoms with van der Waals surface area (Å²) in [7, 11) is 0. The van der Waals surface area contributed by atoms with Crippen LogP contribution in [-0.2, 0) is 10.8 Å². The molecule has 0 heterocycles. The Labute approximate surface area is 168 Å². The zero-order valence-electron chi connectivity index (χ0n) is 17.7. The first-order valence-electron chi connectivity index (χ1n) is 9.76. The molecule has 3 aromatic carbocycles. The van der Waals surface area contributed by atoms with Crippen LogP contribution < -0.4 is 0 Å². The van der Waals surface area contributed by atoms with Gasteiger partial charge in [0.15, 0.2) is 0 Å². The standard InChI is InChI=1S/C26H30O2/c1-17-10-7-14-21(23(17)27)25(3,4)19-12-9-13-20(16-19)26(5,6)22-15-8-11-18(2)24(22)28/h7-16,27-28H,1-6H3. The van der Waals surface area contributed by atoms with Crippen molar-refractivity contribution in [1.29, 1.82) is 0 Å². The molecule has 2 N–H and O–H groups in total. The number of hydrogen-bond acceptors (Lipinski definition) is 2. The fourth-order valence-electron chi connectivity index (χ4n) is 3.93. The molecule has 0 aliphatic heterocycles. The molecule has 28 heavy (non-hydrogen) atoms. The predicted octanol–water partition coefficient (Wildman–Crippen LogP) is 6.37. The molecule has 0 saturated heterocycles. The second-order valence-electron chi connectivity index (χ2n) is 8.77. The molecule has 3 rings (SSSR count). The van der Waals surface area contributed by atoms with Gasteiger partial charge in [0, 0.05) is 22.0 Å². The zero-order valence-corrected chi connectivity index (χ0v) is 17.7. The minimum Gasteiger partial charge on any atom is -0.507 e. The van der Waals surface area contributed by atoms with Crippen molar-refractivity contribution in [1.82, 2.24) is 0 Å². The third-order valence-electron chi connectivity index (χ3n) is 6.13. The van der Waals surface area contributed by atoms with Crippen LogP contribution in [0.15, 0.2) is 60.7 Å². The highest BCUT2D eigenvalue weighted by atomic mass is 16.3. The number of rotatable bonds is 4. The van der Waals surface area contributed by atoms with E-state index >= 15 is 0 Å². The summed E-state index contributed by atoms with van der Waals surface area (Å²) in [6.45, 7) is 12.4. The lowest BCUT2D eigenvalue weighted by Crippen LogP contribution is -2.23. The first kappa shape index (κ1) is 20.0. The largest absolute Gasteiger partial charge is 0.507 e. The van der Waals surface area contributed by atoms with Gasteiger partial charge in [-0.05, 0) is 36.1 Å². The molecular formula is C26H30O2. The zero-order chi connectivity index (χ0) is 20.7. The van der Waals surface area contributed by atoms with E-state index < -0.39 is 0 Å². The van der Waals surface area contributed by atoms with Crippen LogP contribution in [0.1, 0.15) is 61.1 Å². The number of phenolic OH excluding ortho intramolecular Hbond substituents is 2. The number of phenols is 2. The van der Waals surface area contributed by atoms with Crippen LogP contribution in [-0.4, -0.2) is 10.2 Å². The van der Waals surface area contributed by atoms with Crippen molar-refractivity contribution in [3.63, 3.8) is 0 Å². The predicted molar refractivity (Wildman–Crippen MR) is 116 cm³/mol. The Morgan fingerprint density at radius 2 is 0.929 bits per heavy atom. The van der Waals surface area contributed by atoms with E-state index in [9.17, 15) is 10.2 Å². The maximum atomic E-state index is 10.6. The topological polar surface area (TPSA) is 40.5 Å². The van der Waals surface area contributed by atoms with E-state index in [1.54, 1.807) is 0 Å². The van der Waals surface area contributed by atoms with Gasteiger partial charge >= 0.3 is 0 Å². The molecule has 0 aliphatic rings. The summed E-state index contributed by atoms with van der Waals surface area (Å²) in [6.07, 6.45) is 0. The van der Waals surface area contributed by atoms with Crippen LogP contribution >= 0.6 is 0 Å². The van der Waals surface area contributed by atoms with Crippen molar-refractivity contribution < 1.29 is 10.2 Å². The van der Waals surface area contributed by atoms with Crippen molar-refractivity contribution in [2.75, 3.05) is 0 Å². The van der Waals surface area contributed by atoms with E-state index in [1.807, 2.05) is 50.2 Å². The molecule has 0 atom stereocenters. The van der Waals surface area contributed by atoms with Crippen molar-refractivity contribution >= 4 is 0 Å². The molecule has 0 radical (unpaired) electrons. The molecule has 0 aliphatic carbocycles. The Balaban J connectivity index is 2.12. The average molecular weight is 375 g/mol. The summed E-state index contributed by atoms with van der Waals surface area (Å²) < 4.78 is 0. The van der Waals surface area contributed by atoms with E-state index in [0.29, 0.717) is 11.5 Å². The van der Waals surface area contributed by atoms with Crippen LogP contribution in [0.2, 0.25) is 0 Å². The second kappa shape index (κ2) is 7.01. The molecule has 0 fully saturated rings. The third kappa shape index (κ3) is 3.28. The van der Waals surface area contributed by atoms with E-state index in [-0.39, 0.29) is 10.8 Å². The molecule has 0 bridgehead atoms. The van der Waals surface area contributed by atoms with Gasteiger partial charge in [-0.2, -0.15) is 0 Å². The third-order valence-corrected chi connectivity index (χ3v) is 6.13. The monoisotopic (exact) mass is 374 g/mol. The Morgan fingerprint density at radius 1 is 0.571 bits per heavy atom.